The Bertz CT molecular complexity index is 584. The molecule has 2 heterocycles. The van der Waals surface area contributed by atoms with Crippen molar-refractivity contribution in [1.29, 1.82) is 0 Å². The lowest BCUT2D eigenvalue weighted by molar-refractivity contribution is 0.0188. The molecule has 3 nitrogen and oxygen atoms in total. The maximum atomic E-state index is 12.5. The van der Waals surface area contributed by atoms with Gasteiger partial charge in [-0.3, -0.25) is 4.79 Å². The van der Waals surface area contributed by atoms with E-state index in [-0.39, 0.29) is 11.9 Å². The van der Waals surface area contributed by atoms with Crippen LogP contribution in [0.4, 0.5) is 0 Å². The summed E-state index contributed by atoms with van der Waals surface area (Å²) < 4.78 is 6.52. The molecular formula is C14H14BrNO2. The molecule has 1 aliphatic rings. The van der Waals surface area contributed by atoms with Crippen molar-refractivity contribution in [3.63, 3.8) is 0 Å². The van der Waals surface area contributed by atoms with Crippen molar-refractivity contribution >= 4 is 32.6 Å². The molecule has 1 unspecified atom stereocenters. The number of H-pyrrole nitrogens is 1. The van der Waals surface area contributed by atoms with Crippen molar-refractivity contribution in [2.75, 3.05) is 6.61 Å². The third-order valence-corrected chi connectivity index (χ3v) is 4.05. The second-order valence-electron chi connectivity index (χ2n) is 4.58. The highest BCUT2D eigenvalue weighted by molar-refractivity contribution is 9.10. The summed E-state index contributed by atoms with van der Waals surface area (Å²) in [5.41, 5.74) is 1.70. The molecule has 1 N–H and O–H groups in total. The summed E-state index contributed by atoms with van der Waals surface area (Å²) in [5.74, 6) is 0.0906. The molecule has 18 heavy (non-hydrogen) atoms. The number of benzene rings is 1. The number of carbonyl (C=O) groups is 1. The number of ketones is 1. The molecular weight excluding hydrogens is 294 g/mol. The van der Waals surface area contributed by atoms with Crippen molar-refractivity contribution < 1.29 is 9.53 Å². The fourth-order valence-corrected chi connectivity index (χ4v) is 3.04. The highest BCUT2D eigenvalue weighted by Gasteiger charge is 2.25. The summed E-state index contributed by atoms with van der Waals surface area (Å²) in [5, 5.41) is 0.955. The molecule has 1 aromatic heterocycles. The van der Waals surface area contributed by atoms with Gasteiger partial charge >= 0.3 is 0 Å². The van der Waals surface area contributed by atoms with Crippen LogP contribution in [0, 0.1) is 0 Å². The molecule has 2 aromatic rings. The number of aromatic nitrogens is 1. The Morgan fingerprint density at radius 1 is 1.39 bits per heavy atom. The van der Waals surface area contributed by atoms with Gasteiger partial charge in [-0.05, 0) is 31.4 Å². The zero-order valence-electron chi connectivity index (χ0n) is 9.91. The van der Waals surface area contributed by atoms with Gasteiger partial charge in [-0.1, -0.05) is 22.0 Å². The molecule has 0 amide bonds. The predicted octanol–water partition coefficient (Wildman–Crippen LogP) is 3.68. The molecule has 1 saturated heterocycles. The minimum atomic E-state index is -0.273. The molecule has 0 saturated carbocycles. The Kier molecular flexibility index (Phi) is 3.22. The summed E-state index contributed by atoms with van der Waals surface area (Å²) in [7, 11) is 0. The van der Waals surface area contributed by atoms with Crippen LogP contribution >= 0.6 is 15.9 Å². The van der Waals surface area contributed by atoms with Gasteiger partial charge in [-0.2, -0.15) is 0 Å². The van der Waals surface area contributed by atoms with Crippen molar-refractivity contribution in [3.05, 3.63) is 34.4 Å². The van der Waals surface area contributed by atoms with Gasteiger partial charge < -0.3 is 9.72 Å². The van der Waals surface area contributed by atoms with Crippen LogP contribution in [0.1, 0.15) is 29.6 Å². The monoisotopic (exact) mass is 307 g/mol. The van der Waals surface area contributed by atoms with E-state index in [1.54, 1.807) is 6.20 Å². The average molecular weight is 308 g/mol. The summed E-state index contributed by atoms with van der Waals surface area (Å²) >= 11 is 3.51. The molecule has 0 aliphatic carbocycles. The molecule has 3 rings (SSSR count). The molecule has 0 bridgehead atoms. The quantitative estimate of drug-likeness (QED) is 0.860. The molecule has 1 atom stereocenters. The van der Waals surface area contributed by atoms with Crippen molar-refractivity contribution in [3.8, 4) is 0 Å². The van der Waals surface area contributed by atoms with Crippen LogP contribution in [-0.4, -0.2) is 23.5 Å². The van der Waals surface area contributed by atoms with E-state index < -0.39 is 0 Å². The van der Waals surface area contributed by atoms with E-state index in [1.807, 2.05) is 18.2 Å². The summed E-state index contributed by atoms with van der Waals surface area (Å²) in [6.07, 6.45) is 4.47. The van der Waals surface area contributed by atoms with Gasteiger partial charge in [0.15, 0.2) is 5.78 Å². The van der Waals surface area contributed by atoms with Crippen molar-refractivity contribution in [1.82, 2.24) is 4.98 Å². The van der Waals surface area contributed by atoms with Gasteiger partial charge in [0, 0.05) is 33.7 Å². The number of ether oxygens (including phenoxy) is 1. The number of rotatable bonds is 2. The number of halogens is 1. The number of carbonyl (C=O) groups excluding carboxylic acids is 1. The van der Waals surface area contributed by atoms with E-state index in [2.05, 4.69) is 20.9 Å². The van der Waals surface area contributed by atoms with E-state index in [9.17, 15) is 4.79 Å². The van der Waals surface area contributed by atoms with Crippen LogP contribution < -0.4 is 0 Å². The second kappa shape index (κ2) is 4.86. The molecule has 94 valence electrons. The van der Waals surface area contributed by atoms with Crippen LogP contribution in [0.5, 0.6) is 0 Å². The Labute approximate surface area is 114 Å². The molecule has 0 spiro atoms. The van der Waals surface area contributed by atoms with Gasteiger partial charge in [-0.15, -0.1) is 0 Å². The minimum absolute atomic E-state index is 0.0906. The van der Waals surface area contributed by atoms with Gasteiger partial charge in [0.2, 0.25) is 0 Å². The fourth-order valence-electron chi connectivity index (χ4n) is 2.46. The SMILES string of the molecule is O=C(c1c[nH]c2cccc(Br)c12)C1CCCCO1. The Hall–Kier alpha value is -1.13. The molecule has 1 fully saturated rings. The van der Waals surface area contributed by atoms with Gasteiger partial charge in [-0.25, -0.2) is 0 Å². The molecule has 0 radical (unpaired) electrons. The standard InChI is InChI=1S/C14H14BrNO2/c15-10-4-3-5-11-13(10)9(8-16-11)14(17)12-6-1-2-7-18-12/h3-5,8,12,16H,1-2,6-7H2. The highest BCUT2D eigenvalue weighted by atomic mass is 79.9. The summed E-state index contributed by atoms with van der Waals surface area (Å²) in [4.78, 5) is 15.6. The first-order valence-corrected chi connectivity index (χ1v) is 6.98. The first kappa shape index (κ1) is 11.9. The molecule has 1 aliphatic heterocycles. The molecule has 4 heteroatoms. The third kappa shape index (κ3) is 1.99. The van der Waals surface area contributed by atoms with Crippen LogP contribution in [0.3, 0.4) is 0 Å². The van der Waals surface area contributed by atoms with E-state index in [1.165, 1.54) is 0 Å². The largest absolute Gasteiger partial charge is 0.370 e. The van der Waals surface area contributed by atoms with Gasteiger partial charge in [0.1, 0.15) is 6.10 Å². The highest BCUT2D eigenvalue weighted by Crippen LogP contribution is 2.29. The average Bonchev–Trinajstić information content (AvgIpc) is 2.84. The lowest BCUT2D eigenvalue weighted by Crippen LogP contribution is -2.28. The van der Waals surface area contributed by atoms with Crippen LogP contribution in [-0.2, 0) is 4.74 Å². The lowest BCUT2D eigenvalue weighted by atomic mass is 9.99. The van der Waals surface area contributed by atoms with E-state index in [4.69, 9.17) is 4.74 Å². The van der Waals surface area contributed by atoms with Crippen molar-refractivity contribution in [2.45, 2.75) is 25.4 Å². The smallest absolute Gasteiger partial charge is 0.193 e. The van der Waals surface area contributed by atoms with Gasteiger partial charge in [0.25, 0.3) is 0 Å². The number of hydrogen-bond acceptors (Lipinski definition) is 2. The van der Waals surface area contributed by atoms with Crippen molar-refractivity contribution in [2.24, 2.45) is 0 Å². The molecule has 1 aromatic carbocycles. The zero-order valence-corrected chi connectivity index (χ0v) is 11.5. The third-order valence-electron chi connectivity index (χ3n) is 3.39. The van der Waals surface area contributed by atoms with E-state index >= 15 is 0 Å². The summed E-state index contributed by atoms with van der Waals surface area (Å²) in [6, 6.07) is 5.88. The Morgan fingerprint density at radius 2 is 2.28 bits per heavy atom. The normalized spacial score (nSPS) is 20.2. The first-order chi connectivity index (χ1) is 8.77. The number of fused-ring (bicyclic) bond motifs is 1. The first-order valence-electron chi connectivity index (χ1n) is 6.19. The van der Waals surface area contributed by atoms with Crippen LogP contribution in [0.25, 0.3) is 10.9 Å². The lowest BCUT2D eigenvalue weighted by Gasteiger charge is -2.21. The zero-order chi connectivity index (χ0) is 12.5. The van der Waals surface area contributed by atoms with E-state index in [0.717, 1.165) is 40.2 Å². The number of Topliss-reactive ketones (excluding diaryl/α,β-unsaturated/α-hetero) is 1. The Morgan fingerprint density at radius 3 is 3.06 bits per heavy atom. The maximum Gasteiger partial charge on any atom is 0.193 e. The van der Waals surface area contributed by atoms with E-state index in [0.29, 0.717) is 6.61 Å². The number of aromatic amines is 1. The fraction of sp³-hybridized carbons (Fsp3) is 0.357. The predicted molar refractivity (Wildman–Crippen MR) is 73.9 cm³/mol. The minimum Gasteiger partial charge on any atom is -0.370 e. The number of nitrogens with one attached hydrogen (secondary N) is 1. The maximum absolute atomic E-state index is 12.5. The van der Waals surface area contributed by atoms with Gasteiger partial charge in [0.05, 0.1) is 0 Å². The topological polar surface area (TPSA) is 42.1 Å². The Balaban J connectivity index is 2.01. The van der Waals surface area contributed by atoms with Crippen LogP contribution in [0.15, 0.2) is 28.9 Å². The van der Waals surface area contributed by atoms with Crippen LogP contribution in [0.2, 0.25) is 0 Å². The number of hydrogen-bond donors (Lipinski definition) is 1. The second-order valence-corrected chi connectivity index (χ2v) is 5.44. The summed E-state index contributed by atoms with van der Waals surface area (Å²) in [6.45, 7) is 0.694.